The number of nitrogens with zero attached hydrogens (tertiary/aromatic N) is 2. The summed E-state index contributed by atoms with van der Waals surface area (Å²) < 4.78 is 7.62. The Labute approximate surface area is 104 Å². The number of hydrogen-bond donors (Lipinski definition) is 1. The fraction of sp³-hybridized carbons (Fsp3) is 0.769. The van der Waals surface area contributed by atoms with Crippen LogP contribution in [0.1, 0.15) is 40.2 Å². The van der Waals surface area contributed by atoms with Crippen LogP contribution >= 0.6 is 0 Å². The molecule has 0 saturated heterocycles. The van der Waals surface area contributed by atoms with E-state index in [9.17, 15) is 0 Å². The van der Waals surface area contributed by atoms with Crippen LogP contribution in [0.15, 0.2) is 12.4 Å². The normalized spacial score (nSPS) is 13.0. The van der Waals surface area contributed by atoms with E-state index in [1.807, 2.05) is 10.9 Å². The third kappa shape index (κ3) is 5.22. The van der Waals surface area contributed by atoms with Gasteiger partial charge in [-0.3, -0.25) is 4.68 Å². The SMILES string of the molecule is CCCNCC(C)COc1cnn(C(C)C)c1. The highest BCUT2D eigenvalue weighted by Gasteiger charge is 2.05. The highest BCUT2D eigenvalue weighted by molar-refractivity contribution is 5.11. The minimum absolute atomic E-state index is 0.385. The standard InChI is InChI=1S/C13H25N3O/c1-5-6-14-7-12(4)10-17-13-8-15-16(9-13)11(2)3/h8-9,11-12,14H,5-7,10H2,1-4H3. The maximum Gasteiger partial charge on any atom is 0.157 e. The van der Waals surface area contributed by atoms with Crippen LogP contribution in [0.4, 0.5) is 0 Å². The number of rotatable bonds is 8. The van der Waals surface area contributed by atoms with Gasteiger partial charge in [-0.25, -0.2) is 0 Å². The van der Waals surface area contributed by atoms with Crippen molar-refractivity contribution in [3.63, 3.8) is 0 Å². The smallest absolute Gasteiger partial charge is 0.157 e. The molecule has 1 atom stereocenters. The molecule has 0 saturated carbocycles. The zero-order valence-corrected chi connectivity index (χ0v) is 11.4. The molecule has 0 aliphatic heterocycles. The number of aromatic nitrogens is 2. The molecule has 0 fully saturated rings. The van der Waals surface area contributed by atoms with Crippen molar-refractivity contribution < 1.29 is 4.74 Å². The highest BCUT2D eigenvalue weighted by atomic mass is 16.5. The number of ether oxygens (including phenoxy) is 1. The van der Waals surface area contributed by atoms with E-state index in [0.29, 0.717) is 12.0 Å². The lowest BCUT2D eigenvalue weighted by molar-refractivity contribution is 0.255. The summed E-state index contributed by atoms with van der Waals surface area (Å²) in [5.74, 6) is 1.38. The fourth-order valence-electron chi connectivity index (χ4n) is 1.50. The van der Waals surface area contributed by atoms with Crippen molar-refractivity contribution in [2.75, 3.05) is 19.7 Å². The molecule has 4 heteroatoms. The van der Waals surface area contributed by atoms with Gasteiger partial charge in [0.05, 0.1) is 19.0 Å². The molecule has 1 rings (SSSR count). The van der Waals surface area contributed by atoms with Crippen LogP contribution < -0.4 is 10.1 Å². The van der Waals surface area contributed by atoms with Crippen molar-refractivity contribution in [2.24, 2.45) is 5.92 Å². The van der Waals surface area contributed by atoms with Gasteiger partial charge in [0, 0.05) is 18.5 Å². The largest absolute Gasteiger partial charge is 0.490 e. The first-order valence-electron chi connectivity index (χ1n) is 6.51. The van der Waals surface area contributed by atoms with E-state index < -0.39 is 0 Å². The molecular formula is C13H25N3O. The van der Waals surface area contributed by atoms with Crippen molar-refractivity contribution in [1.29, 1.82) is 0 Å². The Balaban J connectivity index is 2.24. The van der Waals surface area contributed by atoms with Gasteiger partial charge in [-0.05, 0) is 26.8 Å². The summed E-state index contributed by atoms with van der Waals surface area (Å²) in [6, 6.07) is 0.385. The first kappa shape index (κ1) is 14.0. The monoisotopic (exact) mass is 239 g/mol. The second-order valence-electron chi connectivity index (χ2n) is 4.87. The van der Waals surface area contributed by atoms with Crippen LogP contribution in [-0.2, 0) is 0 Å². The average Bonchev–Trinajstić information content (AvgIpc) is 2.75. The molecule has 98 valence electrons. The van der Waals surface area contributed by atoms with Gasteiger partial charge in [0.2, 0.25) is 0 Å². The minimum Gasteiger partial charge on any atom is -0.490 e. The molecule has 0 spiro atoms. The second-order valence-corrected chi connectivity index (χ2v) is 4.87. The molecule has 1 unspecified atom stereocenters. The molecule has 0 aromatic carbocycles. The topological polar surface area (TPSA) is 39.1 Å². The fourth-order valence-corrected chi connectivity index (χ4v) is 1.50. The zero-order valence-electron chi connectivity index (χ0n) is 11.4. The van der Waals surface area contributed by atoms with E-state index in [0.717, 1.165) is 25.4 Å². The summed E-state index contributed by atoms with van der Waals surface area (Å²) in [5.41, 5.74) is 0. The molecule has 1 aromatic rings. The van der Waals surface area contributed by atoms with E-state index in [4.69, 9.17) is 4.74 Å². The first-order chi connectivity index (χ1) is 8.13. The summed E-state index contributed by atoms with van der Waals surface area (Å²) in [5, 5.41) is 7.64. The lowest BCUT2D eigenvalue weighted by Gasteiger charge is -2.12. The van der Waals surface area contributed by atoms with E-state index >= 15 is 0 Å². The van der Waals surface area contributed by atoms with Crippen LogP contribution in [0.3, 0.4) is 0 Å². The summed E-state index contributed by atoms with van der Waals surface area (Å²) in [6.07, 6.45) is 4.91. The molecule has 0 aliphatic carbocycles. The Morgan fingerprint density at radius 2 is 2.18 bits per heavy atom. The number of nitrogens with one attached hydrogen (secondary N) is 1. The van der Waals surface area contributed by atoms with Gasteiger partial charge >= 0.3 is 0 Å². The molecule has 0 bridgehead atoms. The van der Waals surface area contributed by atoms with E-state index in [1.54, 1.807) is 6.20 Å². The van der Waals surface area contributed by atoms with E-state index in [2.05, 4.69) is 38.1 Å². The minimum atomic E-state index is 0.385. The van der Waals surface area contributed by atoms with Gasteiger partial charge in [0.25, 0.3) is 0 Å². The quantitative estimate of drug-likeness (QED) is 0.708. The Hall–Kier alpha value is -1.03. The van der Waals surface area contributed by atoms with Crippen LogP contribution in [0.25, 0.3) is 0 Å². The van der Waals surface area contributed by atoms with Crippen molar-refractivity contribution >= 4 is 0 Å². The second kappa shape index (κ2) is 7.33. The number of hydrogen-bond acceptors (Lipinski definition) is 3. The van der Waals surface area contributed by atoms with Crippen LogP contribution in [0.2, 0.25) is 0 Å². The van der Waals surface area contributed by atoms with Gasteiger partial charge < -0.3 is 10.1 Å². The first-order valence-corrected chi connectivity index (χ1v) is 6.51. The lowest BCUT2D eigenvalue weighted by atomic mass is 10.2. The van der Waals surface area contributed by atoms with Gasteiger partial charge in [0.1, 0.15) is 0 Å². The van der Waals surface area contributed by atoms with Crippen LogP contribution in [-0.4, -0.2) is 29.5 Å². The predicted molar refractivity (Wildman–Crippen MR) is 70.4 cm³/mol. The Kier molecular flexibility index (Phi) is 6.05. The Morgan fingerprint density at radius 1 is 1.41 bits per heavy atom. The van der Waals surface area contributed by atoms with Gasteiger partial charge in [-0.1, -0.05) is 13.8 Å². The molecule has 1 aromatic heterocycles. The summed E-state index contributed by atoms with van der Waals surface area (Å²) in [7, 11) is 0. The molecule has 1 N–H and O–H groups in total. The molecule has 0 aliphatic rings. The molecular weight excluding hydrogens is 214 g/mol. The van der Waals surface area contributed by atoms with Crippen LogP contribution in [0, 0.1) is 5.92 Å². The van der Waals surface area contributed by atoms with Crippen molar-refractivity contribution in [1.82, 2.24) is 15.1 Å². The van der Waals surface area contributed by atoms with Crippen molar-refractivity contribution in [2.45, 2.75) is 40.2 Å². The van der Waals surface area contributed by atoms with Crippen LogP contribution in [0.5, 0.6) is 5.75 Å². The maximum atomic E-state index is 5.71. The summed E-state index contributed by atoms with van der Waals surface area (Å²) >= 11 is 0. The molecule has 17 heavy (non-hydrogen) atoms. The zero-order chi connectivity index (χ0) is 12.7. The van der Waals surface area contributed by atoms with Gasteiger partial charge in [-0.15, -0.1) is 0 Å². The van der Waals surface area contributed by atoms with Crippen molar-refractivity contribution in [3.05, 3.63) is 12.4 Å². The highest BCUT2D eigenvalue weighted by Crippen LogP contribution is 2.13. The molecule has 0 amide bonds. The average molecular weight is 239 g/mol. The lowest BCUT2D eigenvalue weighted by Crippen LogP contribution is -2.25. The Bertz CT molecular complexity index is 309. The predicted octanol–water partition coefficient (Wildman–Crippen LogP) is 2.48. The van der Waals surface area contributed by atoms with Gasteiger partial charge in [0.15, 0.2) is 5.75 Å². The van der Waals surface area contributed by atoms with Crippen molar-refractivity contribution in [3.8, 4) is 5.75 Å². The molecule has 1 heterocycles. The third-order valence-electron chi connectivity index (χ3n) is 2.56. The molecule has 4 nitrogen and oxygen atoms in total. The third-order valence-corrected chi connectivity index (χ3v) is 2.56. The summed E-state index contributed by atoms with van der Waals surface area (Å²) in [4.78, 5) is 0. The van der Waals surface area contributed by atoms with Gasteiger partial charge in [-0.2, -0.15) is 5.10 Å². The molecule has 0 radical (unpaired) electrons. The van der Waals surface area contributed by atoms with E-state index in [1.165, 1.54) is 6.42 Å². The Morgan fingerprint density at radius 3 is 2.76 bits per heavy atom. The maximum absolute atomic E-state index is 5.71. The summed E-state index contributed by atoms with van der Waals surface area (Å²) in [6.45, 7) is 11.4. The van der Waals surface area contributed by atoms with E-state index in [-0.39, 0.29) is 0 Å².